The number of aromatic nitrogens is 8. The molecule has 1 fully saturated rings. The third-order valence-electron chi connectivity index (χ3n) is 12.3. The average Bonchev–Trinajstić information content (AvgIpc) is 3.86. The third kappa shape index (κ3) is 6.97. The molecular weight excluding hydrogens is 765 g/mol. The molecule has 4 aromatic heterocycles. The van der Waals surface area contributed by atoms with Crippen molar-refractivity contribution in [3.63, 3.8) is 0 Å². The fourth-order valence-corrected chi connectivity index (χ4v) is 9.16. The Morgan fingerprint density at radius 2 is 1.25 bits per heavy atom. The van der Waals surface area contributed by atoms with E-state index in [1.807, 2.05) is 50.6 Å². The Bertz CT molecular complexity index is 2760. The lowest BCUT2D eigenvalue weighted by Gasteiger charge is -2.33. The van der Waals surface area contributed by atoms with Crippen molar-refractivity contribution < 1.29 is 18.6 Å². The molecule has 14 nitrogen and oxygen atoms in total. The number of rotatable bonds is 10. The van der Waals surface area contributed by atoms with Crippen molar-refractivity contribution in [2.24, 2.45) is 0 Å². The summed E-state index contributed by atoms with van der Waals surface area (Å²) in [7, 11) is 8.01. The highest BCUT2D eigenvalue weighted by Gasteiger charge is 2.75. The second kappa shape index (κ2) is 14.3. The molecule has 0 bridgehead atoms. The van der Waals surface area contributed by atoms with Crippen molar-refractivity contribution >= 4 is 46.4 Å². The number of ether oxygens (including phenoxy) is 2. The molecule has 6 aromatic rings. The maximum absolute atomic E-state index is 7.44. The number of benzene rings is 2. The van der Waals surface area contributed by atoms with Crippen LogP contribution in [0.5, 0.6) is 11.5 Å². The van der Waals surface area contributed by atoms with Gasteiger partial charge in [0, 0.05) is 60.7 Å². The molecule has 0 amide bonds. The molecule has 14 heteroatoms. The average molecular weight is 825 g/mol. The first-order chi connectivity index (χ1) is 28.8. The standard InChI is InChI=1S/C47H60N12O2/c1-44(2,3)34-21-33-23-58-25-46(7,8)59-24-32-20-30(15-13-17-56-28-52-40-36(56)42(54(9)10)50-26-48-40)19-31(38(32)60-47(58,59)61-39(33)35(22-34)45(4,5)6)16-14-18-57-29-53-41-37(57)43(55(11)12)51-27-49-41/h19-24,26-29H,13-18,25H2,1-12H3/q+2. The zero-order valence-electron chi connectivity index (χ0n) is 37.9. The third-order valence-corrected chi connectivity index (χ3v) is 12.3. The molecule has 1 unspecified atom stereocenters. The van der Waals surface area contributed by atoms with Gasteiger partial charge in [-0.05, 0) is 65.3 Å². The van der Waals surface area contributed by atoms with Gasteiger partial charge in [-0.1, -0.05) is 62.8 Å². The van der Waals surface area contributed by atoms with Gasteiger partial charge < -0.3 is 28.4 Å². The van der Waals surface area contributed by atoms with Crippen molar-refractivity contribution in [3.8, 4) is 11.5 Å². The van der Waals surface area contributed by atoms with Gasteiger partial charge in [0.05, 0.1) is 23.8 Å². The molecule has 3 aliphatic heterocycles. The molecule has 0 aliphatic carbocycles. The van der Waals surface area contributed by atoms with Crippen molar-refractivity contribution in [2.75, 3.05) is 44.5 Å². The van der Waals surface area contributed by atoms with Crippen LogP contribution in [0.15, 0.2) is 49.6 Å². The van der Waals surface area contributed by atoms with Gasteiger partial charge in [-0.25, -0.2) is 29.9 Å². The number of fused-ring (bicyclic) bond motifs is 4. The van der Waals surface area contributed by atoms with Gasteiger partial charge in [-0.3, -0.25) is 0 Å². The summed E-state index contributed by atoms with van der Waals surface area (Å²) < 4.78 is 23.7. The summed E-state index contributed by atoms with van der Waals surface area (Å²) in [5.41, 5.74) is 9.86. The van der Waals surface area contributed by atoms with Crippen molar-refractivity contribution in [1.82, 2.24) is 39.0 Å². The summed E-state index contributed by atoms with van der Waals surface area (Å²) in [4.78, 5) is 31.3. The first kappa shape index (κ1) is 40.5. The Kier molecular flexibility index (Phi) is 9.52. The number of imidazole rings is 2. The molecule has 0 radical (unpaired) electrons. The van der Waals surface area contributed by atoms with Crippen LogP contribution in [0.1, 0.15) is 102 Å². The van der Waals surface area contributed by atoms with Crippen molar-refractivity contribution in [3.05, 3.63) is 83.0 Å². The topological polar surface area (TPSA) is 118 Å². The van der Waals surface area contributed by atoms with Crippen LogP contribution in [0.25, 0.3) is 22.3 Å². The summed E-state index contributed by atoms with van der Waals surface area (Å²) >= 11 is 0. The van der Waals surface area contributed by atoms with Crippen molar-refractivity contribution in [1.29, 1.82) is 0 Å². The smallest absolute Gasteiger partial charge is 0.361 e. The minimum atomic E-state index is -1.18. The fraction of sp³-hybridized carbons (Fsp3) is 0.489. The Labute approximate surface area is 358 Å². The molecular formula is C47H60N12O2+2. The summed E-state index contributed by atoms with van der Waals surface area (Å²) in [6.07, 6.45) is 14.9. The number of hydrogen-bond acceptors (Lipinski definition) is 10. The maximum atomic E-state index is 7.44. The summed E-state index contributed by atoms with van der Waals surface area (Å²) in [5.74, 6) is 3.47. The predicted molar refractivity (Wildman–Crippen MR) is 240 cm³/mol. The molecule has 7 heterocycles. The van der Waals surface area contributed by atoms with Crippen LogP contribution in [0.3, 0.4) is 0 Å². The Balaban J connectivity index is 1.10. The largest absolute Gasteiger partial charge is 0.704 e. The van der Waals surface area contributed by atoms with E-state index in [0.29, 0.717) is 11.3 Å². The zero-order chi connectivity index (χ0) is 43.2. The number of nitrogens with zero attached hydrogens (tertiary/aromatic N) is 12. The lowest BCUT2D eigenvalue weighted by Crippen LogP contribution is -2.61. The maximum Gasteiger partial charge on any atom is 0.704 e. The summed E-state index contributed by atoms with van der Waals surface area (Å²) in [6.45, 7) is 20.4. The molecule has 3 aliphatic rings. The monoisotopic (exact) mass is 824 g/mol. The second-order valence-corrected chi connectivity index (χ2v) is 20.0. The summed E-state index contributed by atoms with van der Waals surface area (Å²) in [5, 5.41) is 0. The quantitative estimate of drug-likeness (QED) is 0.138. The highest BCUT2D eigenvalue weighted by Crippen LogP contribution is 2.47. The van der Waals surface area contributed by atoms with E-state index in [1.165, 1.54) is 16.7 Å². The van der Waals surface area contributed by atoms with Gasteiger partial charge in [0.15, 0.2) is 46.9 Å². The summed E-state index contributed by atoms with van der Waals surface area (Å²) in [6, 6.07) is 8.12. The Morgan fingerprint density at radius 1 is 0.672 bits per heavy atom. The minimum Gasteiger partial charge on any atom is -0.361 e. The minimum absolute atomic E-state index is 0.0187. The zero-order valence-corrected chi connectivity index (χ0v) is 37.9. The lowest BCUT2D eigenvalue weighted by atomic mass is 9.79. The van der Waals surface area contributed by atoms with Crippen LogP contribution < -0.4 is 19.3 Å². The van der Waals surface area contributed by atoms with Crippen LogP contribution in [0.4, 0.5) is 11.6 Å². The first-order valence-electron chi connectivity index (χ1n) is 21.5. The first-order valence-corrected chi connectivity index (χ1v) is 21.5. The van der Waals surface area contributed by atoms with Crippen LogP contribution in [0, 0.1) is 0 Å². The SMILES string of the molecule is CN(C)c1ncnc2ncn(CCCc3cc4c(c(CCCn5cnc6ncnc(N(C)C)c65)c3)OC35Oc6c(cc(C(C)(C)C)cc6C(C)(C)C)C=[N+]3CC(C)(C)[N+]5=C4)c12. The van der Waals surface area contributed by atoms with E-state index >= 15 is 0 Å². The predicted octanol–water partition coefficient (Wildman–Crippen LogP) is 6.71. The van der Waals surface area contributed by atoms with Gasteiger partial charge in [-0.15, -0.1) is 0 Å². The molecule has 0 N–H and O–H groups in total. The van der Waals surface area contributed by atoms with Crippen LogP contribution in [-0.2, 0) is 36.8 Å². The van der Waals surface area contributed by atoms with Gasteiger partial charge in [0.25, 0.3) is 0 Å². The van der Waals surface area contributed by atoms with Crippen molar-refractivity contribution in [2.45, 2.75) is 117 Å². The second-order valence-electron chi connectivity index (χ2n) is 20.0. The van der Waals surface area contributed by atoms with Crippen LogP contribution in [0.2, 0.25) is 0 Å². The Morgan fingerprint density at radius 3 is 1.82 bits per heavy atom. The van der Waals surface area contributed by atoms with E-state index in [0.717, 1.165) is 96.2 Å². The van der Waals surface area contributed by atoms with Gasteiger partial charge in [-0.2, -0.15) is 0 Å². The van der Waals surface area contributed by atoms with E-state index in [1.54, 1.807) is 12.7 Å². The van der Waals surface area contributed by atoms with Gasteiger partial charge in [0.2, 0.25) is 12.1 Å². The molecule has 318 valence electrons. The number of aryl methyl sites for hydroxylation is 4. The van der Waals surface area contributed by atoms with Gasteiger partial charge >= 0.3 is 6.03 Å². The van der Waals surface area contributed by atoms with Gasteiger partial charge in [0.1, 0.15) is 23.7 Å². The molecule has 2 aromatic carbocycles. The van der Waals surface area contributed by atoms with E-state index < -0.39 is 6.03 Å². The molecule has 1 saturated heterocycles. The van der Waals surface area contributed by atoms with E-state index in [9.17, 15) is 0 Å². The number of anilines is 2. The Hall–Kier alpha value is -5.92. The highest BCUT2D eigenvalue weighted by atomic mass is 16.7. The molecule has 0 saturated carbocycles. The molecule has 1 spiro atoms. The highest BCUT2D eigenvalue weighted by molar-refractivity contribution is 5.86. The number of hydrogen-bond donors (Lipinski definition) is 0. The van der Waals surface area contributed by atoms with Crippen LogP contribution >= 0.6 is 0 Å². The molecule has 1 atom stereocenters. The van der Waals surface area contributed by atoms with E-state index in [-0.39, 0.29) is 16.4 Å². The molecule has 61 heavy (non-hydrogen) atoms. The van der Waals surface area contributed by atoms with Crippen LogP contribution in [-0.4, -0.2) is 107 Å². The normalized spacial score (nSPS) is 17.8. The lowest BCUT2D eigenvalue weighted by molar-refractivity contribution is -0.867. The van der Waals surface area contributed by atoms with E-state index in [2.05, 4.69) is 140 Å². The molecule has 9 rings (SSSR count). The fourth-order valence-electron chi connectivity index (χ4n) is 9.16. The van der Waals surface area contributed by atoms with E-state index in [4.69, 9.17) is 9.47 Å².